The Morgan fingerprint density at radius 3 is 2.24 bits per heavy atom. The Labute approximate surface area is 465 Å². The summed E-state index contributed by atoms with van der Waals surface area (Å²) in [5, 5.41) is 64.0. The molecule has 79 heavy (non-hydrogen) atoms. The van der Waals surface area contributed by atoms with Gasteiger partial charge in [0.25, 0.3) is 0 Å². The molecule has 22 heteroatoms. The van der Waals surface area contributed by atoms with Gasteiger partial charge in [0.05, 0.1) is 72.6 Å². The molecule has 6 rings (SSSR count). The zero-order chi connectivity index (χ0) is 58.5. The number of aromatic carboxylic acids is 1. The Morgan fingerprint density at radius 1 is 0.937 bits per heavy atom. The number of ether oxygens (including phenoxy) is 8. The van der Waals surface area contributed by atoms with Gasteiger partial charge in [-0.05, 0) is 120 Å². The standard InChI is InChI=1S/C57H94FN5O16/c1-15-44-57(10,71)49(66)35(6)62(13)29-31(2)27-55(8,70)50(79-54-47(65)43(61(11)12)24-32(3)75-54)33(4)48(34(5)53(69)77-44)78-45-28-56(9,72-14)51(36(7)76-45)74-23-19-59-18-21-73-22-20-60-41-26-42-38(25-40(41)58)46(64)39(52(67)68)30-63(42)37-16-17-37/h25-26,30-37,43-45,47-51,54,59-60,65-66,70-71H,15-24,27-29H2,1-14H3,(H,67,68)/t31-,32-,33+,34-,35-,36+,43+,44-,45+,47-,48+,49-,50-,51+,54+,55-,56-,57-/m1/s1. The number of benzene rings is 1. The van der Waals surface area contributed by atoms with Crippen molar-refractivity contribution in [2.75, 3.05) is 79.6 Å². The minimum atomic E-state index is -1.85. The molecule has 450 valence electrons. The second kappa shape index (κ2) is 27.3. The third kappa shape index (κ3) is 15.4. The highest BCUT2D eigenvalue weighted by Gasteiger charge is 2.53. The lowest BCUT2D eigenvalue weighted by Gasteiger charge is -2.49. The summed E-state index contributed by atoms with van der Waals surface area (Å²) < 4.78 is 68.1. The smallest absolute Gasteiger partial charge is 0.341 e. The molecule has 0 bridgehead atoms. The fourth-order valence-corrected chi connectivity index (χ4v) is 12.2. The first-order valence-corrected chi connectivity index (χ1v) is 28.4. The third-order valence-corrected chi connectivity index (χ3v) is 17.0. The molecule has 3 saturated heterocycles. The summed E-state index contributed by atoms with van der Waals surface area (Å²) in [6.45, 7) is 20.4. The summed E-state index contributed by atoms with van der Waals surface area (Å²) in [5.41, 5.74) is -4.85. The quantitative estimate of drug-likeness (QED) is 0.0726. The van der Waals surface area contributed by atoms with Crippen molar-refractivity contribution >= 4 is 28.5 Å². The number of fused-ring (bicyclic) bond motifs is 1. The Bertz CT molecular complexity index is 2390. The maximum Gasteiger partial charge on any atom is 0.341 e. The molecule has 0 radical (unpaired) electrons. The average Bonchev–Trinajstić information content (AvgIpc) is 4.46. The minimum Gasteiger partial charge on any atom is -0.477 e. The number of halogens is 1. The molecular weight excluding hydrogens is 1030 g/mol. The monoisotopic (exact) mass is 1120 g/mol. The molecule has 1 aromatic heterocycles. The summed E-state index contributed by atoms with van der Waals surface area (Å²) in [6.07, 6.45) is -5.07. The van der Waals surface area contributed by atoms with Gasteiger partial charge >= 0.3 is 11.9 Å². The van der Waals surface area contributed by atoms with E-state index in [1.165, 1.54) is 13.1 Å². The van der Waals surface area contributed by atoms with Gasteiger partial charge in [-0.3, -0.25) is 9.59 Å². The topological polar surface area (TPSA) is 262 Å². The van der Waals surface area contributed by atoms with Gasteiger partial charge in [-0.15, -0.1) is 0 Å². The van der Waals surface area contributed by atoms with E-state index in [9.17, 15) is 39.9 Å². The van der Waals surface area contributed by atoms with Crippen LogP contribution in [0.2, 0.25) is 0 Å². The Kier molecular flexibility index (Phi) is 22.4. The van der Waals surface area contributed by atoms with Gasteiger partial charge in [0.2, 0.25) is 5.43 Å². The highest BCUT2D eigenvalue weighted by atomic mass is 19.1. The number of carboxylic acid groups (broad SMARTS) is 1. The summed E-state index contributed by atoms with van der Waals surface area (Å²) >= 11 is 0. The first kappa shape index (κ1) is 64.7. The van der Waals surface area contributed by atoms with Crippen molar-refractivity contribution < 1.29 is 77.4 Å². The van der Waals surface area contributed by atoms with Crippen LogP contribution < -0.4 is 16.1 Å². The van der Waals surface area contributed by atoms with Crippen LogP contribution in [0, 0.1) is 23.6 Å². The molecule has 7 N–H and O–H groups in total. The van der Waals surface area contributed by atoms with Crippen LogP contribution in [0.4, 0.5) is 10.1 Å². The van der Waals surface area contributed by atoms with Gasteiger partial charge < -0.3 is 88.4 Å². The minimum absolute atomic E-state index is 0.0250. The number of methoxy groups -OCH3 is 1. The first-order valence-electron chi connectivity index (χ1n) is 28.4. The summed E-state index contributed by atoms with van der Waals surface area (Å²) in [4.78, 5) is 43.0. The number of hydrogen-bond acceptors (Lipinski definition) is 19. The first-order chi connectivity index (χ1) is 37.1. The van der Waals surface area contributed by atoms with Gasteiger partial charge in [0, 0.05) is 75.3 Å². The predicted octanol–water partition coefficient (Wildman–Crippen LogP) is 4.13. The number of carbonyl (C=O) groups excluding carboxylic acids is 1. The van der Waals surface area contributed by atoms with Crippen LogP contribution in [-0.2, 0) is 42.7 Å². The number of aromatic nitrogens is 1. The van der Waals surface area contributed by atoms with Crippen molar-refractivity contribution in [3.8, 4) is 0 Å². The number of aliphatic hydroxyl groups excluding tert-OH is 2. The van der Waals surface area contributed by atoms with Crippen molar-refractivity contribution in [3.05, 3.63) is 39.9 Å². The Hall–Kier alpha value is -3.46. The molecule has 18 atom stereocenters. The number of nitrogens with one attached hydrogen (secondary N) is 2. The molecule has 1 aromatic carbocycles. The van der Waals surface area contributed by atoms with Crippen LogP contribution in [0.1, 0.15) is 124 Å². The third-order valence-electron chi connectivity index (χ3n) is 17.0. The predicted molar refractivity (Wildman–Crippen MR) is 293 cm³/mol. The van der Waals surface area contributed by atoms with Crippen molar-refractivity contribution in [3.63, 3.8) is 0 Å². The highest BCUT2D eigenvalue weighted by molar-refractivity contribution is 5.93. The van der Waals surface area contributed by atoms with Crippen molar-refractivity contribution in [2.24, 2.45) is 17.8 Å². The highest BCUT2D eigenvalue weighted by Crippen LogP contribution is 2.42. The number of esters is 1. The second-order valence-corrected chi connectivity index (χ2v) is 24.0. The van der Waals surface area contributed by atoms with Gasteiger partial charge in [-0.1, -0.05) is 20.8 Å². The molecular formula is C57H94FN5O16. The van der Waals surface area contributed by atoms with E-state index in [-0.39, 0.29) is 79.8 Å². The second-order valence-electron chi connectivity index (χ2n) is 24.0. The lowest BCUT2D eigenvalue weighted by Crippen LogP contribution is -2.61. The molecule has 4 fully saturated rings. The molecule has 4 aliphatic rings. The largest absolute Gasteiger partial charge is 0.477 e. The summed E-state index contributed by atoms with van der Waals surface area (Å²) in [6, 6.07) is 1.81. The van der Waals surface area contributed by atoms with Crippen LogP contribution in [0.25, 0.3) is 10.9 Å². The van der Waals surface area contributed by atoms with E-state index in [0.717, 1.165) is 18.9 Å². The number of anilines is 1. The van der Waals surface area contributed by atoms with Crippen molar-refractivity contribution in [2.45, 2.75) is 204 Å². The lowest BCUT2D eigenvalue weighted by atomic mass is 9.77. The molecule has 0 unspecified atom stereocenters. The molecule has 21 nitrogen and oxygen atoms in total. The number of carboxylic acids is 1. The van der Waals surface area contributed by atoms with Crippen LogP contribution in [-0.4, -0.2) is 216 Å². The molecule has 0 amide bonds. The molecule has 3 aliphatic heterocycles. The molecule has 4 heterocycles. The molecule has 1 saturated carbocycles. The van der Waals surface area contributed by atoms with E-state index in [1.807, 2.05) is 65.6 Å². The van der Waals surface area contributed by atoms with Gasteiger partial charge in [-0.25, -0.2) is 9.18 Å². The number of hydrogen-bond donors (Lipinski definition) is 7. The number of pyridine rings is 1. The van der Waals surface area contributed by atoms with Gasteiger partial charge in [-0.2, -0.15) is 0 Å². The Morgan fingerprint density at radius 2 is 1.61 bits per heavy atom. The van der Waals surface area contributed by atoms with Crippen molar-refractivity contribution in [1.29, 1.82) is 0 Å². The average molecular weight is 1120 g/mol. The number of nitrogens with zero attached hydrogens (tertiary/aromatic N) is 3. The van der Waals surface area contributed by atoms with E-state index in [4.69, 9.17) is 37.9 Å². The van der Waals surface area contributed by atoms with Crippen molar-refractivity contribution in [1.82, 2.24) is 19.7 Å². The molecule has 2 aromatic rings. The van der Waals surface area contributed by atoms with Gasteiger partial charge in [0.15, 0.2) is 12.6 Å². The van der Waals surface area contributed by atoms with E-state index >= 15 is 4.39 Å². The number of likely N-dealkylation sites (N-methyl/N-ethyl adjacent to an activating group) is 2. The SMILES string of the molecule is CC[C@H]1OC(=O)[C@H](C)[C@@H](O[C@H]2C[C@@](C)(OC)[C@@H](OCCNCCOCCNc3cc4c(cc3F)c(=O)c(C(=O)O)cn4C3CC3)[C@H](C)O2)[C@H](C)[C@@H](O[C@@H]2O[C@H](C)C[C@H](N(C)C)[C@H]2O)[C@](C)(O)C[C@@H](C)CN(C)[C@H](C)[C@@H](O)[C@]1(C)O. The number of aliphatic hydroxyl groups is 4. The summed E-state index contributed by atoms with van der Waals surface area (Å²) in [5.74, 6) is -4.76. The van der Waals surface area contributed by atoms with Crippen LogP contribution in [0.5, 0.6) is 0 Å². The van der Waals surface area contributed by atoms with E-state index in [1.54, 1.807) is 45.4 Å². The fraction of sp³-hybridized carbons (Fsp3) is 0.807. The van der Waals surface area contributed by atoms with Crippen LogP contribution in [0.3, 0.4) is 0 Å². The number of rotatable bonds is 20. The fourth-order valence-electron chi connectivity index (χ4n) is 12.2. The van der Waals surface area contributed by atoms with Gasteiger partial charge in [0.1, 0.15) is 41.4 Å². The van der Waals surface area contributed by atoms with E-state index < -0.39 is 113 Å². The van der Waals surface area contributed by atoms with Crippen LogP contribution >= 0.6 is 0 Å². The Balaban J connectivity index is 1.11. The number of cyclic esters (lactones) is 1. The van der Waals surface area contributed by atoms with E-state index in [2.05, 4.69) is 10.6 Å². The van der Waals surface area contributed by atoms with Crippen LogP contribution in [0.15, 0.2) is 23.1 Å². The number of carbonyl (C=O) groups is 2. The zero-order valence-corrected chi connectivity index (χ0v) is 49.1. The summed E-state index contributed by atoms with van der Waals surface area (Å²) in [7, 11) is 7.19. The zero-order valence-electron chi connectivity index (χ0n) is 49.1. The maximum absolute atomic E-state index is 15.1. The maximum atomic E-state index is 15.1. The molecule has 0 spiro atoms. The lowest BCUT2D eigenvalue weighted by molar-refractivity contribution is -0.320. The normalized spacial score (nSPS) is 37.6. The molecule has 1 aliphatic carbocycles. The van der Waals surface area contributed by atoms with E-state index in [0.29, 0.717) is 38.2 Å².